The quantitative estimate of drug-likeness (QED) is 0.777. The molecule has 1 saturated carbocycles. The summed E-state index contributed by atoms with van der Waals surface area (Å²) in [4.78, 5) is 17.0. The third-order valence-electron chi connectivity index (χ3n) is 4.45. The topological polar surface area (TPSA) is 35.6 Å². The van der Waals surface area contributed by atoms with Crippen LogP contribution in [0.2, 0.25) is 0 Å². The molecule has 2 rings (SSSR count). The van der Waals surface area contributed by atoms with Crippen LogP contribution < -0.4 is 5.32 Å². The number of carbonyl (C=O) groups excluding carboxylic acids is 1. The van der Waals surface area contributed by atoms with Gasteiger partial charge in [-0.15, -0.1) is 0 Å². The summed E-state index contributed by atoms with van der Waals surface area (Å²) < 4.78 is 0. The van der Waals surface area contributed by atoms with Crippen molar-refractivity contribution >= 4 is 5.91 Å². The number of rotatable bonds is 6. The summed E-state index contributed by atoms with van der Waals surface area (Å²) in [6.07, 6.45) is 3.29. The molecule has 0 aromatic carbocycles. The normalized spacial score (nSPS) is 27.3. The number of amides is 1. The van der Waals surface area contributed by atoms with Gasteiger partial charge in [0.15, 0.2) is 0 Å². The zero-order valence-corrected chi connectivity index (χ0v) is 12.2. The molecule has 1 amide bonds. The second-order valence-electron chi connectivity index (χ2n) is 5.70. The highest BCUT2D eigenvalue weighted by atomic mass is 16.2. The molecule has 1 aliphatic heterocycles. The fraction of sp³-hybridized carbons (Fsp3) is 0.929. The first-order valence-corrected chi connectivity index (χ1v) is 7.40. The Morgan fingerprint density at radius 2 is 2.00 bits per heavy atom. The van der Waals surface area contributed by atoms with Crippen LogP contribution in [0.1, 0.15) is 47.0 Å². The van der Waals surface area contributed by atoms with E-state index in [1.165, 1.54) is 0 Å². The van der Waals surface area contributed by atoms with Crippen molar-refractivity contribution < 1.29 is 4.79 Å². The van der Waals surface area contributed by atoms with E-state index in [-0.39, 0.29) is 11.7 Å². The van der Waals surface area contributed by atoms with E-state index in [2.05, 4.69) is 42.8 Å². The molecule has 1 saturated heterocycles. The summed E-state index contributed by atoms with van der Waals surface area (Å²) in [6.45, 7) is 11.8. The van der Waals surface area contributed by atoms with E-state index in [0.717, 1.165) is 38.9 Å². The molecule has 104 valence electrons. The molecule has 0 aromatic heterocycles. The van der Waals surface area contributed by atoms with Crippen LogP contribution in [0.5, 0.6) is 0 Å². The van der Waals surface area contributed by atoms with E-state index in [9.17, 15) is 4.79 Å². The van der Waals surface area contributed by atoms with Gasteiger partial charge in [-0.25, -0.2) is 0 Å². The number of likely N-dealkylation sites (N-methyl/N-ethyl adjacent to an activating group) is 1. The molecule has 2 fully saturated rings. The van der Waals surface area contributed by atoms with Crippen LogP contribution in [0.3, 0.4) is 0 Å². The summed E-state index contributed by atoms with van der Waals surface area (Å²) in [5.74, 6) is 0.342. The number of hydrogen-bond donors (Lipinski definition) is 1. The fourth-order valence-electron chi connectivity index (χ4n) is 3.07. The highest BCUT2D eigenvalue weighted by Gasteiger charge is 2.59. The number of nitrogens with one attached hydrogen (secondary N) is 1. The molecule has 4 heteroatoms. The number of nitrogens with zero attached hydrogens (tertiary/aromatic N) is 2. The lowest BCUT2D eigenvalue weighted by Crippen LogP contribution is -2.48. The molecule has 2 unspecified atom stereocenters. The maximum absolute atomic E-state index is 12.5. The summed E-state index contributed by atoms with van der Waals surface area (Å²) in [5, 5.41) is 3.54. The first kappa shape index (κ1) is 13.8. The smallest absolute Gasteiger partial charge is 0.244 e. The molecule has 2 atom stereocenters. The van der Waals surface area contributed by atoms with Crippen LogP contribution in [0.15, 0.2) is 0 Å². The average Bonchev–Trinajstić information content (AvgIpc) is 3.09. The Labute approximate surface area is 111 Å². The highest BCUT2D eigenvalue weighted by molar-refractivity contribution is 5.92. The zero-order chi connectivity index (χ0) is 13.3. The van der Waals surface area contributed by atoms with Gasteiger partial charge < -0.3 is 9.80 Å². The van der Waals surface area contributed by atoms with Crippen molar-refractivity contribution in [3.05, 3.63) is 0 Å². The first-order valence-electron chi connectivity index (χ1n) is 7.40. The first-order chi connectivity index (χ1) is 8.57. The SMILES string of the molecule is CCC1NC2(CC2)C(=O)N1C(C)CN(CC)CC. The lowest BCUT2D eigenvalue weighted by molar-refractivity contribution is -0.133. The minimum Gasteiger partial charge on any atom is -0.322 e. The lowest BCUT2D eigenvalue weighted by Gasteiger charge is -2.33. The molecule has 4 nitrogen and oxygen atoms in total. The van der Waals surface area contributed by atoms with Crippen molar-refractivity contribution in [2.75, 3.05) is 19.6 Å². The van der Waals surface area contributed by atoms with Crippen LogP contribution in [0.25, 0.3) is 0 Å². The van der Waals surface area contributed by atoms with Gasteiger partial charge in [0.05, 0.1) is 11.7 Å². The van der Waals surface area contributed by atoms with Crippen molar-refractivity contribution in [1.29, 1.82) is 0 Å². The van der Waals surface area contributed by atoms with Crippen LogP contribution in [0, 0.1) is 0 Å². The van der Waals surface area contributed by atoms with Gasteiger partial charge >= 0.3 is 0 Å². The predicted molar refractivity (Wildman–Crippen MR) is 73.3 cm³/mol. The third kappa shape index (κ3) is 2.28. The van der Waals surface area contributed by atoms with Gasteiger partial charge in [0.2, 0.25) is 5.91 Å². The summed E-state index contributed by atoms with van der Waals surface area (Å²) in [7, 11) is 0. The van der Waals surface area contributed by atoms with Gasteiger partial charge in [0.1, 0.15) is 0 Å². The monoisotopic (exact) mass is 253 g/mol. The van der Waals surface area contributed by atoms with E-state index in [0.29, 0.717) is 11.9 Å². The molecule has 1 spiro atoms. The molecular formula is C14H27N3O. The zero-order valence-electron chi connectivity index (χ0n) is 12.2. The Morgan fingerprint density at radius 3 is 2.44 bits per heavy atom. The largest absolute Gasteiger partial charge is 0.322 e. The van der Waals surface area contributed by atoms with Gasteiger partial charge in [-0.05, 0) is 39.3 Å². The molecule has 0 radical (unpaired) electrons. The van der Waals surface area contributed by atoms with Crippen LogP contribution in [-0.4, -0.2) is 53.1 Å². The van der Waals surface area contributed by atoms with Crippen molar-refractivity contribution in [3.63, 3.8) is 0 Å². The minimum absolute atomic E-state index is 0.168. The molecule has 1 aliphatic carbocycles. The maximum Gasteiger partial charge on any atom is 0.244 e. The number of hydrogen-bond acceptors (Lipinski definition) is 3. The molecule has 18 heavy (non-hydrogen) atoms. The van der Waals surface area contributed by atoms with Crippen LogP contribution >= 0.6 is 0 Å². The van der Waals surface area contributed by atoms with E-state index < -0.39 is 0 Å². The van der Waals surface area contributed by atoms with E-state index in [1.807, 2.05) is 0 Å². The lowest BCUT2D eigenvalue weighted by atomic mass is 10.2. The molecular weight excluding hydrogens is 226 g/mol. The van der Waals surface area contributed by atoms with Gasteiger partial charge in [0.25, 0.3) is 0 Å². The molecule has 2 aliphatic rings. The average molecular weight is 253 g/mol. The minimum atomic E-state index is -0.168. The van der Waals surface area contributed by atoms with Crippen LogP contribution in [-0.2, 0) is 4.79 Å². The molecule has 1 N–H and O–H groups in total. The summed E-state index contributed by atoms with van der Waals surface area (Å²) >= 11 is 0. The van der Waals surface area contributed by atoms with Crippen molar-refractivity contribution in [1.82, 2.24) is 15.1 Å². The van der Waals surface area contributed by atoms with Crippen molar-refractivity contribution in [3.8, 4) is 0 Å². The highest BCUT2D eigenvalue weighted by Crippen LogP contribution is 2.43. The predicted octanol–water partition coefficient (Wildman–Crippen LogP) is 1.42. The Bertz CT molecular complexity index is 310. The van der Waals surface area contributed by atoms with E-state index in [4.69, 9.17) is 0 Å². The van der Waals surface area contributed by atoms with Crippen molar-refractivity contribution in [2.24, 2.45) is 0 Å². The summed E-state index contributed by atoms with van der Waals surface area (Å²) in [5.41, 5.74) is -0.168. The Balaban J connectivity index is 2.03. The van der Waals surface area contributed by atoms with Gasteiger partial charge in [-0.2, -0.15) is 0 Å². The maximum atomic E-state index is 12.5. The Morgan fingerprint density at radius 1 is 1.39 bits per heavy atom. The fourth-order valence-corrected chi connectivity index (χ4v) is 3.07. The number of carbonyl (C=O) groups is 1. The standard InChI is InChI=1S/C14H27N3O/c1-5-12-15-14(8-9-14)13(18)17(12)11(4)10-16(6-2)7-3/h11-12,15H,5-10H2,1-4H3. The molecule has 0 aromatic rings. The van der Waals surface area contributed by atoms with E-state index >= 15 is 0 Å². The van der Waals surface area contributed by atoms with Gasteiger partial charge in [-0.1, -0.05) is 20.8 Å². The second-order valence-corrected chi connectivity index (χ2v) is 5.70. The molecule has 1 heterocycles. The summed E-state index contributed by atoms with van der Waals surface area (Å²) in [6, 6.07) is 0.301. The van der Waals surface area contributed by atoms with Gasteiger partial charge in [-0.3, -0.25) is 10.1 Å². The second kappa shape index (κ2) is 5.17. The Hall–Kier alpha value is -0.610. The van der Waals surface area contributed by atoms with E-state index in [1.54, 1.807) is 0 Å². The Kier molecular flexibility index (Phi) is 3.97. The third-order valence-corrected chi connectivity index (χ3v) is 4.45. The van der Waals surface area contributed by atoms with Crippen LogP contribution in [0.4, 0.5) is 0 Å². The molecule has 0 bridgehead atoms. The van der Waals surface area contributed by atoms with Crippen molar-refractivity contribution in [2.45, 2.75) is 64.7 Å². The van der Waals surface area contributed by atoms with Gasteiger partial charge in [0, 0.05) is 12.6 Å².